The first-order valence-electron chi connectivity index (χ1n) is 5.55. The second kappa shape index (κ2) is 6.76. The SMILES string of the molecule is O=C(O)CC[C@H](NC(=O)c1ccc(Cl)cc1O)C(=O)O. The van der Waals surface area contributed by atoms with E-state index in [-0.39, 0.29) is 17.0 Å². The van der Waals surface area contributed by atoms with Crippen molar-refractivity contribution in [3.8, 4) is 5.75 Å². The van der Waals surface area contributed by atoms with Crippen LogP contribution in [-0.2, 0) is 9.59 Å². The molecule has 0 radical (unpaired) electrons. The van der Waals surface area contributed by atoms with E-state index < -0.39 is 36.1 Å². The third-order valence-electron chi connectivity index (χ3n) is 2.45. The van der Waals surface area contributed by atoms with Gasteiger partial charge in [0.15, 0.2) is 0 Å². The molecule has 1 amide bonds. The number of halogens is 1. The molecule has 0 saturated heterocycles. The number of phenolic OH excluding ortho intramolecular Hbond substituents is 1. The molecule has 0 aliphatic rings. The highest BCUT2D eigenvalue weighted by Gasteiger charge is 2.22. The van der Waals surface area contributed by atoms with Gasteiger partial charge >= 0.3 is 11.9 Å². The lowest BCUT2D eigenvalue weighted by Gasteiger charge is -2.14. The zero-order valence-corrected chi connectivity index (χ0v) is 10.9. The first kappa shape index (κ1) is 15.8. The summed E-state index contributed by atoms with van der Waals surface area (Å²) in [4.78, 5) is 33.2. The van der Waals surface area contributed by atoms with E-state index in [4.69, 9.17) is 21.8 Å². The van der Waals surface area contributed by atoms with Crippen molar-refractivity contribution in [1.29, 1.82) is 0 Å². The van der Waals surface area contributed by atoms with Crippen LogP contribution in [0, 0.1) is 0 Å². The van der Waals surface area contributed by atoms with Gasteiger partial charge in [-0.05, 0) is 24.6 Å². The Labute approximate surface area is 118 Å². The number of amides is 1. The van der Waals surface area contributed by atoms with Gasteiger partial charge in [-0.25, -0.2) is 4.79 Å². The Kier molecular flexibility index (Phi) is 5.33. The maximum atomic E-state index is 11.8. The second-order valence-electron chi connectivity index (χ2n) is 3.96. The molecule has 0 aliphatic carbocycles. The van der Waals surface area contributed by atoms with E-state index in [0.717, 1.165) is 6.07 Å². The van der Waals surface area contributed by atoms with Crippen molar-refractivity contribution in [3.63, 3.8) is 0 Å². The van der Waals surface area contributed by atoms with Gasteiger partial charge in [0.25, 0.3) is 5.91 Å². The number of hydrogen-bond acceptors (Lipinski definition) is 4. The van der Waals surface area contributed by atoms with E-state index in [1.165, 1.54) is 12.1 Å². The van der Waals surface area contributed by atoms with Gasteiger partial charge in [0.1, 0.15) is 11.8 Å². The maximum absolute atomic E-state index is 11.8. The number of benzene rings is 1. The van der Waals surface area contributed by atoms with Gasteiger partial charge in [-0.3, -0.25) is 9.59 Å². The van der Waals surface area contributed by atoms with Crippen molar-refractivity contribution in [2.45, 2.75) is 18.9 Å². The average molecular weight is 302 g/mol. The number of nitrogens with one attached hydrogen (secondary N) is 1. The van der Waals surface area contributed by atoms with Crippen molar-refractivity contribution in [2.24, 2.45) is 0 Å². The van der Waals surface area contributed by atoms with Crippen LogP contribution in [0.15, 0.2) is 18.2 Å². The predicted octanol–water partition coefficient (Wildman–Crippen LogP) is 1.09. The van der Waals surface area contributed by atoms with E-state index in [9.17, 15) is 19.5 Å². The fraction of sp³-hybridized carbons (Fsp3) is 0.250. The van der Waals surface area contributed by atoms with Crippen LogP contribution in [0.1, 0.15) is 23.2 Å². The molecule has 1 rings (SSSR count). The number of carbonyl (C=O) groups is 3. The summed E-state index contributed by atoms with van der Waals surface area (Å²) in [7, 11) is 0. The summed E-state index contributed by atoms with van der Waals surface area (Å²) in [5.41, 5.74) is -0.143. The minimum absolute atomic E-state index is 0.143. The number of aliphatic carboxylic acids is 2. The Morgan fingerprint density at radius 2 is 1.90 bits per heavy atom. The lowest BCUT2D eigenvalue weighted by molar-refractivity contribution is -0.140. The van der Waals surface area contributed by atoms with Crippen LogP contribution in [0.4, 0.5) is 0 Å². The fourth-order valence-corrected chi connectivity index (χ4v) is 1.62. The monoisotopic (exact) mass is 301 g/mol. The molecule has 108 valence electrons. The zero-order valence-electron chi connectivity index (χ0n) is 10.2. The van der Waals surface area contributed by atoms with Crippen molar-refractivity contribution in [2.75, 3.05) is 0 Å². The van der Waals surface area contributed by atoms with E-state index in [0.29, 0.717) is 0 Å². The Balaban J connectivity index is 2.80. The molecular formula is C12H12ClNO6. The molecule has 0 saturated carbocycles. The van der Waals surface area contributed by atoms with Gasteiger partial charge in [0, 0.05) is 11.4 Å². The number of carboxylic acid groups (broad SMARTS) is 2. The zero-order chi connectivity index (χ0) is 15.3. The first-order chi connectivity index (χ1) is 9.31. The van der Waals surface area contributed by atoms with Crippen LogP contribution in [0.2, 0.25) is 5.02 Å². The van der Waals surface area contributed by atoms with Crippen LogP contribution in [0.3, 0.4) is 0 Å². The Hall–Kier alpha value is -2.28. The normalized spacial score (nSPS) is 11.7. The Morgan fingerprint density at radius 3 is 2.40 bits per heavy atom. The average Bonchev–Trinajstić information content (AvgIpc) is 2.33. The highest BCUT2D eigenvalue weighted by Crippen LogP contribution is 2.21. The summed E-state index contributed by atoms with van der Waals surface area (Å²) < 4.78 is 0. The Bertz CT molecular complexity index is 545. The third kappa shape index (κ3) is 4.43. The standard InChI is InChI=1S/C12H12ClNO6/c13-6-1-2-7(9(15)5-6)11(18)14-8(12(19)20)3-4-10(16)17/h1-2,5,8,15H,3-4H2,(H,14,18)(H,16,17)(H,19,20)/t8-/m0/s1. The maximum Gasteiger partial charge on any atom is 0.326 e. The molecule has 20 heavy (non-hydrogen) atoms. The fourth-order valence-electron chi connectivity index (χ4n) is 1.46. The molecule has 0 aliphatic heterocycles. The first-order valence-corrected chi connectivity index (χ1v) is 5.93. The summed E-state index contributed by atoms with van der Waals surface area (Å²) in [5.74, 6) is -3.73. The van der Waals surface area contributed by atoms with Crippen LogP contribution in [0.25, 0.3) is 0 Å². The number of hydrogen-bond donors (Lipinski definition) is 4. The summed E-state index contributed by atoms with van der Waals surface area (Å²) in [5, 5.41) is 29.3. The molecule has 1 aromatic carbocycles. The van der Waals surface area contributed by atoms with Gasteiger partial charge in [-0.15, -0.1) is 0 Å². The van der Waals surface area contributed by atoms with Gasteiger partial charge in [0.2, 0.25) is 0 Å². The van der Waals surface area contributed by atoms with Crippen molar-refractivity contribution < 1.29 is 29.7 Å². The lowest BCUT2D eigenvalue weighted by atomic mass is 10.1. The van der Waals surface area contributed by atoms with Gasteiger partial charge in [-0.2, -0.15) is 0 Å². The molecule has 1 aromatic rings. The molecule has 4 N–H and O–H groups in total. The summed E-state index contributed by atoms with van der Waals surface area (Å²) >= 11 is 5.61. The lowest BCUT2D eigenvalue weighted by Crippen LogP contribution is -2.41. The highest BCUT2D eigenvalue weighted by atomic mass is 35.5. The number of rotatable bonds is 6. The van der Waals surface area contributed by atoms with Crippen molar-refractivity contribution in [3.05, 3.63) is 28.8 Å². The Morgan fingerprint density at radius 1 is 1.25 bits per heavy atom. The van der Waals surface area contributed by atoms with Crippen LogP contribution in [-0.4, -0.2) is 39.2 Å². The summed E-state index contributed by atoms with van der Waals surface area (Å²) in [6.07, 6.45) is -0.658. The predicted molar refractivity (Wildman–Crippen MR) is 68.9 cm³/mol. The van der Waals surface area contributed by atoms with Gasteiger partial charge in [0.05, 0.1) is 5.56 Å². The van der Waals surface area contributed by atoms with Gasteiger partial charge in [-0.1, -0.05) is 11.6 Å². The molecule has 8 heteroatoms. The number of aromatic hydroxyl groups is 1. The molecule has 1 atom stereocenters. The summed E-state index contributed by atoms with van der Waals surface area (Å²) in [6.45, 7) is 0. The van der Waals surface area contributed by atoms with Crippen molar-refractivity contribution >= 4 is 29.4 Å². The highest BCUT2D eigenvalue weighted by molar-refractivity contribution is 6.30. The van der Waals surface area contributed by atoms with Crippen LogP contribution in [0.5, 0.6) is 5.75 Å². The van der Waals surface area contributed by atoms with Crippen LogP contribution < -0.4 is 5.32 Å². The van der Waals surface area contributed by atoms with Crippen LogP contribution >= 0.6 is 11.6 Å². The minimum Gasteiger partial charge on any atom is -0.507 e. The number of carbonyl (C=O) groups excluding carboxylic acids is 1. The number of carboxylic acids is 2. The molecule has 0 spiro atoms. The second-order valence-corrected chi connectivity index (χ2v) is 4.39. The number of phenols is 1. The molecule has 0 bridgehead atoms. The minimum atomic E-state index is -1.35. The smallest absolute Gasteiger partial charge is 0.326 e. The van der Waals surface area contributed by atoms with Crippen molar-refractivity contribution in [1.82, 2.24) is 5.32 Å². The molecule has 0 unspecified atom stereocenters. The largest absolute Gasteiger partial charge is 0.507 e. The molecular weight excluding hydrogens is 290 g/mol. The van der Waals surface area contributed by atoms with E-state index in [2.05, 4.69) is 5.32 Å². The van der Waals surface area contributed by atoms with E-state index >= 15 is 0 Å². The molecule has 7 nitrogen and oxygen atoms in total. The molecule has 0 aromatic heterocycles. The molecule has 0 heterocycles. The molecule has 0 fully saturated rings. The summed E-state index contributed by atoms with van der Waals surface area (Å²) in [6, 6.07) is 2.39. The van der Waals surface area contributed by atoms with Gasteiger partial charge < -0.3 is 20.6 Å². The van der Waals surface area contributed by atoms with E-state index in [1.807, 2.05) is 0 Å². The third-order valence-corrected chi connectivity index (χ3v) is 2.69. The van der Waals surface area contributed by atoms with E-state index in [1.54, 1.807) is 0 Å². The quantitative estimate of drug-likeness (QED) is 0.623. The topological polar surface area (TPSA) is 124 Å².